The fourth-order valence-corrected chi connectivity index (χ4v) is 6.50. The number of nitrogens with one attached hydrogen (secondary N) is 2. The van der Waals surface area contributed by atoms with Gasteiger partial charge < -0.3 is 25.0 Å². The number of carboxylic acids is 1. The lowest BCUT2D eigenvalue weighted by Crippen LogP contribution is -2.46. The first kappa shape index (κ1) is 28.8. The molecule has 2 aromatic heterocycles. The zero-order chi connectivity index (χ0) is 29.0. The van der Waals surface area contributed by atoms with Gasteiger partial charge in [0.25, 0.3) is 0 Å². The van der Waals surface area contributed by atoms with Crippen LogP contribution < -0.4 is 10.1 Å². The van der Waals surface area contributed by atoms with Gasteiger partial charge >= 0.3 is 5.97 Å². The largest absolute Gasteiger partial charge is 0.493 e. The molecule has 3 N–H and O–H groups in total. The molecule has 220 valence electrons. The van der Waals surface area contributed by atoms with Crippen molar-refractivity contribution >= 4 is 38.6 Å². The number of carbonyl (C=O) groups excluding carboxylic acids is 1. The van der Waals surface area contributed by atoms with Gasteiger partial charge in [-0.15, -0.1) is 0 Å². The number of hydrogen-bond acceptors (Lipinski definition) is 8. The first-order valence-corrected chi connectivity index (χ1v) is 16.3. The number of carboxylic acid groups (broad SMARTS) is 1. The van der Waals surface area contributed by atoms with Crippen LogP contribution >= 0.6 is 0 Å². The summed E-state index contributed by atoms with van der Waals surface area (Å²) in [6.07, 6.45) is 9.68. The minimum Gasteiger partial charge on any atom is -0.493 e. The smallest absolute Gasteiger partial charge is 0.308 e. The van der Waals surface area contributed by atoms with Gasteiger partial charge in [-0.2, -0.15) is 0 Å². The maximum Gasteiger partial charge on any atom is 0.308 e. The number of benzene rings is 1. The van der Waals surface area contributed by atoms with E-state index in [1.165, 1.54) is 6.26 Å². The van der Waals surface area contributed by atoms with Gasteiger partial charge in [0.1, 0.15) is 15.6 Å². The van der Waals surface area contributed by atoms with E-state index in [9.17, 15) is 23.1 Å². The van der Waals surface area contributed by atoms with Gasteiger partial charge in [-0.1, -0.05) is 6.07 Å². The summed E-state index contributed by atoms with van der Waals surface area (Å²) >= 11 is 0. The fraction of sp³-hybridized carbons (Fsp3) is 0.517. The number of H-pyrrole nitrogens is 1. The third-order valence-electron chi connectivity index (χ3n) is 8.01. The second kappa shape index (κ2) is 12.5. The molecule has 1 saturated heterocycles. The Bertz CT molecular complexity index is 1500. The Hall–Kier alpha value is -3.67. The summed E-state index contributed by atoms with van der Waals surface area (Å²) in [6, 6.07) is 7.68. The topological polar surface area (TPSA) is 155 Å². The molecule has 0 spiro atoms. The Balaban J connectivity index is 1.21. The summed E-state index contributed by atoms with van der Waals surface area (Å²) in [7, 11) is -3.04. The first-order valence-electron chi connectivity index (χ1n) is 14.2. The molecule has 2 aliphatic rings. The number of aromatic amines is 1. The molecular formula is C29H37N5O6S. The molecule has 1 unspecified atom stereocenters. The van der Waals surface area contributed by atoms with E-state index in [-0.39, 0.29) is 30.2 Å². The van der Waals surface area contributed by atoms with Crippen molar-refractivity contribution in [2.45, 2.75) is 51.0 Å². The van der Waals surface area contributed by atoms with E-state index >= 15 is 0 Å². The van der Waals surface area contributed by atoms with Gasteiger partial charge in [0.15, 0.2) is 0 Å². The van der Waals surface area contributed by atoms with Crippen molar-refractivity contribution in [2.24, 2.45) is 11.8 Å². The van der Waals surface area contributed by atoms with Gasteiger partial charge in [-0.05, 0) is 63.1 Å². The zero-order valence-corrected chi connectivity index (χ0v) is 24.0. The number of carbonyl (C=O) groups is 2. The molecule has 41 heavy (non-hydrogen) atoms. The number of hydrogen-bond donors (Lipinski definition) is 3. The lowest BCUT2D eigenvalue weighted by molar-refractivity contribution is -0.147. The van der Waals surface area contributed by atoms with Crippen LogP contribution in [0.25, 0.3) is 22.2 Å². The van der Waals surface area contributed by atoms with Gasteiger partial charge in [-0.3, -0.25) is 9.59 Å². The number of piperidine rings is 1. The molecule has 3 aromatic rings. The molecule has 5 rings (SSSR count). The Morgan fingerprint density at radius 1 is 1.15 bits per heavy atom. The van der Waals surface area contributed by atoms with Gasteiger partial charge in [0, 0.05) is 54.8 Å². The predicted octanol–water partition coefficient (Wildman–Crippen LogP) is 3.73. The third kappa shape index (κ3) is 7.16. The van der Waals surface area contributed by atoms with Crippen LogP contribution in [0.3, 0.4) is 0 Å². The van der Waals surface area contributed by atoms with Crippen molar-refractivity contribution in [3.63, 3.8) is 0 Å². The monoisotopic (exact) mass is 583 g/mol. The summed E-state index contributed by atoms with van der Waals surface area (Å²) in [5, 5.41) is 13.7. The van der Waals surface area contributed by atoms with Crippen LogP contribution in [-0.2, 0) is 19.4 Å². The molecule has 1 aromatic carbocycles. The number of anilines is 1. The van der Waals surface area contributed by atoms with Crippen LogP contribution in [0, 0.1) is 11.8 Å². The van der Waals surface area contributed by atoms with Crippen molar-refractivity contribution in [3.05, 3.63) is 36.7 Å². The van der Waals surface area contributed by atoms with Crippen LogP contribution in [0.2, 0.25) is 0 Å². The standard InChI is InChI=1S/C29H37N5O6S/c1-41(38,39)16-4-15-40-25-7-2-6-24-26(25)22(17-31-24)23-12-13-30-29(33-23)32-21-10-8-19(9-11-21)27(35)34-14-3-5-20(18-34)28(36)37/h2,6-7,12-13,17,19-21,31H,3-5,8-11,14-16,18H2,1H3,(H,36,37)(H,30,32,33). The van der Waals surface area contributed by atoms with Crippen molar-refractivity contribution in [2.75, 3.05) is 37.0 Å². The highest BCUT2D eigenvalue weighted by atomic mass is 32.2. The SMILES string of the molecule is CS(=O)(=O)CCCOc1cccc2[nH]cc(-c3ccnc(NC4CCC(C(=O)N5CCCC(C(=O)O)C5)CC4)n3)c12. The molecule has 1 amide bonds. The number of rotatable bonds is 10. The Labute approximate surface area is 239 Å². The molecule has 2 fully saturated rings. The second-order valence-electron chi connectivity index (χ2n) is 11.1. The zero-order valence-electron chi connectivity index (χ0n) is 23.2. The quantitative estimate of drug-likeness (QED) is 0.303. The Morgan fingerprint density at radius 3 is 2.71 bits per heavy atom. The summed E-state index contributed by atoms with van der Waals surface area (Å²) in [6.45, 7) is 1.24. The van der Waals surface area contributed by atoms with Crippen LogP contribution in [0.1, 0.15) is 44.9 Å². The lowest BCUT2D eigenvalue weighted by Gasteiger charge is -2.36. The molecule has 12 heteroatoms. The number of nitrogens with zero attached hydrogens (tertiary/aromatic N) is 3. The fourth-order valence-electron chi connectivity index (χ4n) is 5.86. The maximum atomic E-state index is 13.1. The van der Waals surface area contributed by atoms with E-state index in [0.717, 1.165) is 54.3 Å². The van der Waals surface area contributed by atoms with Crippen molar-refractivity contribution in [1.29, 1.82) is 0 Å². The maximum absolute atomic E-state index is 13.1. The number of sulfone groups is 1. The van der Waals surface area contributed by atoms with Crippen LogP contribution in [0.15, 0.2) is 36.7 Å². The van der Waals surface area contributed by atoms with Crippen LogP contribution in [-0.4, -0.2) is 83.0 Å². The third-order valence-corrected chi connectivity index (χ3v) is 9.04. The van der Waals surface area contributed by atoms with Gasteiger partial charge in [0.2, 0.25) is 11.9 Å². The molecule has 0 bridgehead atoms. The number of likely N-dealkylation sites (tertiary alicyclic amines) is 1. The minimum atomic E-state index is -3.04. The van der Waals surface area contributed by atoms with Gasteiger partial charge in [0.05, 0.1) is 29.4 Å². The molecule has 1 aliphatic carbocycles. The van der Waals surface area contributed by atoms with E-state index in [1.54, 1.807) is 11.1 Å². The molecule has 1 saturated carbocycles. The number of fused-ring (bicyclic) bond motifs is 1. The number of aromatic nitrogens is 3. The molecule has 11 nitrogen and oxygen atoms in total. The number of amides is 1. The summed E-state index contributed by atoms with van der Waals surface area (Å²) < 4.78 is 28.9. The Kier molecular flexibility index (Phi) is 8.77. The Morgan fingerprint density at radius 2 is 1.95 bits per heavy atom. The molecule has 1 atom stereocenters. The normalized spacial score (nSPS) is 21.5. The highest BCUT2D eigenvalue weighted by Gasteiger charge is 2.34. The second-order valence-corrected chi connectivity index (χ2v) is 13.4. The lowest BCUT2D eigenvalue weighted by atomic mass is 9.84. The molecule has 0 radical (unpaired) electrons. The first-order chi connectivity index (χ1) is 19.7. The van der Waals surface area contributed by atoms with E-state index in [1.807, 2.05) is 30.5 Å². The van der Waals surface area contributed by atoms with E-state index in [2.05, 4.69) is 15.3 Å². The van der Waals surface area contributed by atoms with E-state index in [4.69, 9.17) is 9.72 Å². The summed E-state index contributed by atoms with van der Waals surface area (Å²) in [5.74, 6) is -0.0291. The van der Waals surface area contributed by atoms with Crippen LogP contribution in [0.4, 0.5) is 5.95 Å². The van der Waals surface area contributed by atoms with Gasteiger partial charge in [-0.25, -0.2) is 18.4 Å². The average molecular weight is 584 g/mol. The van der Waals surface area contributed by atoms with Crippen molar-refractivity contribution in [3.8, 4) is 17.0 Å². The van der Waals surface area contributed by atoms with E-state index < -0.39 is 21.7 Å². The van der Waals surface area contributed by atoms with Crippen molar-refractivity contribution in [1.82, 2.24) is 19.9 Å². The average Bonchev–Trinajstić information content (AvgIpc) is 3.40. The number of aliphatic carboxylic acids is 1. The van der Waals surface area contributed by atoms with E-state index in [0.29, 0.717) is 37.6 Å². The molecule has 3 heterocycles. The molecular weight excluding hydrogens is 546 g/mol. The summed E-state index contributed by atoms with van der Waals surface area (Å²) in [5.41, 5.74) is 2.47. The molecule has 1 aliphatic heterocycles. The van der Waals surface area contributed by atoms with Crippen molar-refractivity contribution < 1.29 is 27.9 Å². The highest BCUT2D eigenvalue weighted by Crippen LogP contribution is 2.35. The predicted molar refractivity (Wildman–Crippen MR) is 155 cm³/mol. The highest BCUT2D eigenvalue weighted by molar-refractivity contribution is 7.90. The minimum absolute atomic E-state index is 0.0728. The number of ether oxygens (including phenoxy) is 1. The summed E-state index contributed by atoms with van der Waals surface area (Å²) in [4.78, 5) is 38.7. The van der Waals surface area contributed by atoms with Crippen LogP contribution in [0.5, 0.6) is 5.75 Å².